The molecule has 0 spiro atoms. The van der Waals surface area contributed by atoms with Crippen molar-refractivity contribution in [2.45, 2.75) is 6.43 Å². The number of carbonyl (C=O) groups is 1. The number of anilines is 3. The Morgan fingerprint density at radius 2 is 2.08 bits per heavy atom. The highest BCUT2D eigenvalue weighted by Gasteiger charge is 2.19. The number of nitrogens with one attached hydrogen (secondary N) is 1. The van der Waals surface area contributed by atoms with E-state index in [4.69, 9.17) is 27.5 Å². The van der Waals surface area contributed by atoms with Crippen molar-refractivity contribution in [1.29, 1.82) is 0 Å². The molecule has 1 amide bonds. The molecule has 134 valence electrons. The van der Waals surface area contributed by atoms with Crippen LogP contribution in [0.3, 0.4) is 0 Å². The molecule has 0 saturated carbocycles. The van der Waals surface area contributed by atoms with Crippen LogP contribution in [-0.4, -0.2) is 26.1 Å². The van der Waals surface area contributed by atoms with Crippen molar-refractivity contribution in [2.75, 3.05) is 11.1 Å². The number of aromatic nitrogens is 4. The molecule has 3 aromatic rings. The zero-order chi connectivity index (χ0) is 18.8. The van der Waals surface area contributed by atoms with Gasteiger partial charge in [-0.05, 0) is 18.2 Å². The second kappa shape index (κ2) is 6.88. The second-order valence-corrected chi connectivity index (χ2v) is 5.33. The lowest BCUT2D eigenvalue weighted by Gasteiger charge is -2.08. The van der Waals surface area contributed by atoms with Gasteiger partial charge >= 0.3 is 6.43 Å². The predicted molar refractivity (Wildman–Crippen MR) is 87.9 cm³/mol. The van der Waals surface area contributed by atoms with E-state index in [1.54, 1.807) is 6.07 Å². The van der Waals surface area contributed by atoms with Crippen LogP contribution in [0.5, 0.6) is 0 Å². The zero-order valence-electron chi connectivity index (χ0n) is 12.8. The molecule has 9 nitrogen and oxygen atoms in total. The molecular formula is C14H10ClF2N7O2. The Labute approximate surface area is 149 Å². The first-order chi connectivity index (χ1) is 12.3. The summed E-state index contributed by atoms with van der Waals surface area (Å²) in [5.41, 5.74) is 11.7. The van der Waals surface area contributed by atoms with Crippen molar-refractivity contribution in [3.63, 3.8) is 0 Å². The van der Waals surface area contributed by atoms with Gasteiger partial charge in [-0.15, -0.1) is 10.2 Å². The summed E-state index contributed by atoms with van der Waals surface area (Å²) < 4.78 is 29.8. The number of nitrogen functional groups attached to an aromatic ring is 1. The van der Waals surface area contributed by atoms with Crippen molar-refractivity contribution in [1.82, 2.24) is 20.2 Å². The van der Waals surface area contributed by atoms with E-state index in [1.165, 1.54) is 18.3 Å². The first-order valence-corrected chi connectivity index (χ1v) is 7.33. The Balaban J connectivity index is 1.83. The van der Waals surface area contributed by atoms with Crippen molar-refractivity contribution >= 4 is 35.0 Å². The van der Waals surface area contributed by atoms with Crippen LogP contribution >= 0.6 is 11.6 Å². The monoisotopic (exact) mass is 381 g/mol. The summed E-state index contributed by atoms with van der Waals surface area (Å²) in [4.78, 5) is 19.2. The number of amides is 1. The number of halogens is 3. The van der Waals surface area contributed by atoms with Crippen molar-refractivity contribution in [3.05, 3.63) is 40.9 Å². The molecule has 0 saturated heterocycles. The van der Waals surface area contributed by atoms with Crippen LogP contribution in [0.2, 0.25) is 5.02 Å². The summed E-state index contributed by atoms with van der Waals surface area (Å²) in [5.74, 6) is -1.67. The van der Waals surface area contributed by atoms with Crippen LogP contribution in [-0.2, 0) is 0 Å². The molecule has 0 aliphatic carbocycles. The highest BCUT2D eigenvalue weighted by atomic mass is 35.5. The van der Waals surface area contributed by atoms with Crippen molar-refractivity contribution in [2.24, 2.45) is 5.73 Å². The lowest BCUT2D eigenvalue weighted by atomic mass is 10.2. The van der Waals surface area contributed by atoms with Crippen LogP contribution in [0.4, 0.5) is 26.2 Å². The molecule has 12 heteroatoms. The van der Waals surface area contributed by atoms with Gasteiger partial charge in [0.05, 0.1) is 16.1 Å². The van der Waals surface area contributed by atoms with Gasteiger partial charge in [0.1, 0.15) is 5.82 Å². The number of alkyl halides is 2. The Kier molecular flexibility index (Phi) is 4.63. The Hall–Kier alpha value is -3.34. The Bertz CT molecular complexity index is 980. The van der Waals surface area contributed by atoms with Gasteiger partial charge in [0, 0.05) is 11.9 Å². The highest BCUT2D eigenvalue weighted by molar-refractivity contribution is 6.34. The zero-order valence-corrected chi connectivity index (χ0v) is 13.5. The minimum atomic E-state index is -2.90. The van der Waals surface area contributed by atoms with Crippen LogP contribution < -0.4 is 16.8 Å². The van der Waals surface area contributed by atoms with E-state index in [0.29, 0.717) is 5.69 Å². The molecule has 2 heterocycles. The molecule has 2 aromatic heterocycles. The third-order valence-electron chi connectivity index (χ3n) is 3.17. The van der Waals surface area contributed by atoms with Gasteiger partial charge in [-0.3, -0.25) is 4.79 Å². The van der Waals surface area contributed by atoms with Gasteiger partial charge in [0.2, 0.25) is 11.9 Å². The van der Waals surface area contributed by atoms with Gasteiger partial charge in [0.15, 0.2) is 0 Å². The summed E-state index contributed by atoms with van der Waals surface area (Å²) >= 11 is 5.96. The van der Waals surface area contributed by atoms with Gasteiger partial charge < -0.3 is 21.2 Å². The molecule has 0 atom stereocenters. The topological polar surface area (TPSA) is 146 Å². The van der Waals surface area contributed by atoms with Gasteiger partial charge in [-0.2, -0.15) is 13.8 Å². The fourth-order valence-electron chi connectivity index (χ4n) is 1.97. The molecule has 3 rings (SSSR count). The molecule has 0 unspecified atom stereocenters. The summed E-state index contributed by atoms with van der Waals surface area (Å²) in [6.07, 6.45) is -1.65. The lowest BCUT2D eigenvalue weighted by Crippen LogP contribution is -2.11. The van der Waals surface area contributed by atoms with Crippen LogP contribution in [0.25, 0.3) is 11.5 Å². The van der Waals surface area contributed by atoms with Crippen LogP contribution in [0, 0.1) is 0 Å². The molecule has 0 fully saturated rings. The summed E-state index contributed by atoms with van der Waals surface area (Å²) in [5, 5.41) is 9.67. The fourth-order valence-corrected chi connectivity index (χ4v) is 2.25. The number of nitrogens with zero attached hydrogens (tertiary/aromatic N) is 4. The standard InChI is InChI=1S/C14H10ClF2N7O2/c15-8-3-5(1-2-6(8)11(19)25)21-14-20-4-7(10(18)22-14)12-23-24-13(26-12)9(16)17/h1-4,9H,(H2,19,25)(H3,18,20,21,22). The summed E-state index contributed by atoms with van der Waals surface area (Å²) in [6, 6.07) is 4.45. The average molecular weight is 382 g/mol. The van der Waals surface area contributed by atoms with E-state index in [-0.39, 0.29) is 33.8 Å². The largest absolute Gasteiger partial charge is 0.415 e. The SMILES string of the molecule is NC(=O)c1ccc(Nc2ncc(-c3nnc(C(F)F)o3)c(N)n2)cc1Cl. The Morgan fingerprint density at radius 1 is 1.31 bits per heavy atom. The predicted octanol–water partition coefficient (Wildman–Crippen LogP) is 2.54. The minimum Gasteiger partial charge on any atom is -0.415 e. The molecular weight excluding hydrogens is 372 g/mol. The van der Waals surface area contributed by atoms with E-state index in [0.717, 1.165) is 0 Å². The highest BCUT2D eigenvalue weighted by Crippen LogP contribution is 2.27. The average Bonchev–Trinajstić information content (AvgIpc) is 3.04. The Morgan fingerprint density at radius 3 is 2.65 bits per heavy atom. The number of carbonyl (C=O) groups excluding carboxylic acids is 1. The summed E-state index contributed by atoms with van der Waals surface area (Å²) in [7, 11) is 0. The number of benzene rings is 1. The minimum absolute atomic E-state index is 0.0631. The maximum atomic E-state index is 12.5. The quantitative estimate of drug-likeness (QED) is 0.611. The number of hydrogen-bond acceptors (Lipinski definition) is 8. The van der Waals surface area contributed by atoms with E-state index in [1.807, 2.05) is 0 Å². The first-order valence-electron chi connectivity index (χ1n) is 6.96. The normalized spacial score (nSPS) is 10.9. The molecule has 5 N–H and O–H groups in total. The maximum Gasteiger partial charge on any atom is 0.314 e. The maximum absolute atomic E-state index is 12.5. The van der Waals surface area contributed by atoms with Crippen molar-refractivity contribution < 1.29 is 18.0 Å². The van der Waals surface area contributed by atoms with E-state index in [2.05, 4.69) is 25.5 Å². The number of primary amides is 1. The first kappa shape index (κ1) is 17.5. The molecule has 0 radical (unpaired) electrons. The van der Waals surface area contributed by atoms with Gasteiger partial charge in [-0.1, -0.05) is 11.6 Å². The molecule has 0 aliphatic rings. The second-order valence-electron chi connectivity index (χ2n) is 4.92. The molecule has 26 heavy (non-hydrogen) atoms. The van der Waals surface area contributed by atoms with E-state index < -0.39 is 18.2 Å². The molecule has 1 aromatic carbocycles. The summed E-state index contributed by atoms with van der Waals surface area (Å²) in [6.45, 7) is 0. The number of rotatable bonds is 5. The third-order valence-corrected chi connectivity index (χ3v) is 3.48. The molecule has 0 bridgehead atoms. The van der Waals surface area contributed by atoms with Crippen molar-refractivity contribution in [3.8, 4) is 11.5 Å². The van der Waals surface area contributed by atoms with Gasteiger partial charge in [0.25, 0.3) is 11.8 Å². The van der Waals surface area contributed by atoms with E-state index in [9.17, 15) is 13.6 Å². The van der Waals surface area contributed by atoms with Crippen LogP contribution in [0.1, 0.15) is 22.7 Å². The smallest absolute Gasteiger partial charge is 0.314 e. The fraction of sp³-hybridized carbons (Fsp3) is 0.0714. The van der Waals surface area contributed by atoms with E-state index >= 15 is 0 Å². The van der Waals surface area contributed by atoms with Crippen LogP contribution in [0.15, 0.2) is 28.8 Å². The lowest BCUT2D eigenvalue weighted by molar-refractivity contribution is 0.100. The number of hydrogen-bond donors (Lipinski definition) is 3. The number of nitrogens with two attached hydrogens (primary N) is 2. The third kappa shape index (κ3) is 3.52. The molecule has 0 aliphatic heterocycles. The van der Waals surface area contributed by atoms with Gasteiger partial charge in [-0.25, -0.2) is 4.98 Å².